The smallest absolute Gasteiger partial charge is 0.273 e. The van der Waals surface area contributed by atoms with Gasteiger partial charge in [0.15, 0.2) is 11.5 Å². The fourth-order valence-corrected chi connectivity index (χ4v) is 3.16. The second kappa shape index (κ2) is 8.30. The summed E-state index contributed by atoms with van der Waals surface area (Å²) in [4.78, 5) is 15.5. The molecule has 0 aliphatic carbocycles. The van der Waals surface area contributed by atoms with E-state index in [4.69, 9.17) is 15.2 Å². The van der Waals surface area contributed by atoms with Gasteiger partial charge < -0.3 is 20.5 Å². The van der Waals surface area contributed by atoms with Gasteiger partial charge in [0.1, 0.15) is 5.75 Å². The lowest BCUT2D eigenvalue weighted by Gasteiger charge is -2.13. The molecule has 1 amide bonds. The largest absolute Gasteiger partial charge is 0.493 e. The fraction of sp³-hybridized carbons (Fsp3) is 0.474. The van der Waals surface area contributed by atoms with Crippen LogP contribution in [-0.2, 0) is 9.53 Å². The lowest BCUT2D eigenvalue weighted by atomic mass is 10.0. The Morgan fingerprint density at radius 3 is 2.96 bits per heavy atom. The molecule has 1 aliphatic rings. The van der Waals surface area contributed by atoms with E-state index in [9.17, 15) is 4.79 Å². The number of amides is 1. The number of fused-ring (bicyclic) bond motifs is 3. The summed E-state index contributed by atoms with van der Waals surface area (Å²) in [6.07, 6.45) is 0.719. The van der Waals surface area contributed by atoms with E-state index in [0.717, 1.165) is 28.6 Å². The SMILES string of the molecule is CCOC[N+]1=Nc2c(N)nc3cccc(OCCCNC(C)=O)c3c2C1C. The number of carbonyl (C=O) groups is 1. The number of nitrogens with zero attached hydrogens (tertiary/aromatic N) is 3. The Morgan fingerprint density at radius 1 is 1.41 bits per heavy atom. The molecule has 0 spiro atoms. The molecule has 2 aromatic rings. The van der Waals surface area contributed by atoms with Crippen molar-refractivity contribution in [2.24, 2.45) is 5.11 Å². The van der Waals surface area contributed by atoms with E-state index < -0.39 is 0 Å². The summed E-state index contributed by atoms with van der Waals surface area (Å²) < 4.78 is 13.4. The molecule has 1 atom stereocenters. The molecule has 0 radical (unpaired) electrons. The number of pyridine rings is 1. The Bertz CT molecular complexity index is 881. The number of nitrogen functional groups attached to an aromatic ring is 1. The molecule has 1 aliphatic heterocycles. The second-order valence-corrected chi connectivity index (χ2v) is 6.43. The molecule has 27 heavy (non-hydrogen) atoms. The number of carbonyl (C=O) groups excluding carboxylic acids is 1. The Labute approximate surface area is 158 Å². The van der Waals surface area contributed by atoms with E-state index in [-0.39, 0.29) is 11.9 Å². The molecule has 1 aromatic carbocycles. The van der Waals surface area contributed by atoms with Gasteiger partial charge in [0.25, 0.3) is 6.73 Å². The van der Waals surface area contributed by atoms with Gasteiger partial charge in [-0.05, 0) is 25.5 Å². The lowest BCUT2D eigenvalue weighted by Crippen LogP contribution is -2.22. The van der Waals surface area contributed by atoms with Gasteiger partial charge in [-0.2, -0.15) is 0 Å². The number of hydrogen-bond acceptors (Lipinski definition) is 6. The van der Waals surface area contributed by atoms with Crippen LogP contribution in [0, 0.1) is 0 Å². The molecule has 0 saturated carbocycles. The van der Waals surface area contributed by atoms with Crippen molar-refractivity contribution in [1.82, 2.24) is 10.3 Å². The first-order chi connectivity index (χ1) is 13.0. The topological polar surface area (TPSA) is 102 Å². The number of anilines is 1. The predicted molar refractivity (Wildman–Crippen MR) is 102 cm³/mol. The van der Waals surface area contributed by atoms with Gasteiger partial charge in [-0.3, -0.25) is 4.79 Å². The zero-order valence-corrected chi connectivity index (χ0v) is 16.0. The molecule has 0 fully saturated rings. The molecule has 2 heterocycles. The van der Waals surface area contributed by atoms with E-state index in [1.165, 1.54) is 6.92 Å². The molecule has 3 N–H and O–H groups in total. The molecule has 0 bridgehead atoms. The van der Waals surface area contributed by atoms with Crippen LogP contribution in [-0.4, -0.2) is 42.1 Å². The van der Waals surface area contributed by atoms with Crippen LogP contribution in [0.1, 0.15) is 38.8 Å². The van der Waals surface area contributed by atoms with Gasteiger partial charge in [0.05, 0.1) is 29.7 Å². The third-order valence-electron chi connectivity index (χ3n) is 4.49. The summed E-state index contributed by atoms with van der Waals surface area (Å²) in [5, 5.41) is 8.30. The molecule has 0 saturated heterocycles. The highest BCUT2D eigenvalue weighted by molar-refractivity contribution is 5.95. The maximum Gasteiger partial charge on any atom is 0.273 e. The van der Waals surface area contributed by atoms with Crippen LogP contribution < -0.4 is 15.8 Å². The number of nitrogens with one attached hydrogen (secondary N) is 1. The fourth-order valence-electron chi connectivity index (χ4n) is 3.16. The molecule has 144 valence electrons. The standard InChI is InChI=1S/C19H25N5O3/c1-4-26-11-24-12(2)16-17-14(22-19(20)18(16)23-24)7-5-8-15(17)27-10-6-9-21-13(3)25/h5,7-8,12,20H,4,6,9-11H2,1-3H3,(H,21,25)/p+1. The minimum atomic E-state index is -0.0394. The Morgan fingerprint density at radius 2 is 2.22 bits per heavy atom. The van der Waals surface area contributed by atoms with Crippen molar-refractivity contribution in [3.8, 4) is 5.75 Å². The van der Waals surface area contributed by atoms with Gasteiger partial charge in [0, 0.05) is 25.5 Å². The highest BCUT2D eigenvalue weighted by Gasteiger charge is 2.36. The van der Waals surface area contributed by atoms with E-state index in [0.29, 0.717) is 38.0 Å². The number of benzene rings is 1. The molecule has 8 nitrogen and oxygen atoms in total. The van der Waals surface area contributed by atoms with Gasteiger partial charge in [-0.25, -0.2) is 4.98 Å². The third kappa shape index (κ3) is 4.00. The van der Waals surface area contributed by atoms with Gasteiger partial charge >= 0.3 is 0 Å². The van der Waals surface area contributed by atoms with Crippen LogP contribution >= 0.6 is 0 Å². The van der Waals surface area contributed by atoms with Crippen LogP contribution in [0.4, 0.5) is 11.5 Å². The number of azo groups is 2. The van der Waals surface area contributed by atoms with Crippen molar-refractivity contribution in [2.75, 3.05) is 32.2 Å². The Kier molecular flexibility index (Phi) is 5.85. The van der Waals surface area contributed by atoms with Gasteiger partial charge in [-0.15, -0.1) is 0 Å². The summed E-state index contributed by atoms with van der Waals surface area (Å²) in [5.41, 5.74) is 8.63. The van der Waals surface area contributed by atoms with E-state index in [2.05, 4.69) is 22.3 Å². The Hall–Kier alpha value is -2.74. The van der Waals surface area contributed by atoms with Crippen LogP contribution in [0.15, 0.2) is 23.3 Å². The quantitative estimate of drug-likeness (QED) is 0.548. The summed E-state index contributed by atoms with van der Waals surface area (Å²) in [5.74, 6) is 1.12. The van der Waals surface area contributed by atoms with Gasteiger partial charge in [-0.1, -0.05) is 10.8 Å². The maximum absolute atomic E-state index is 11.0. The maximum atomic E-state index is 11.0. The monoisotopic (exact) mass is 372 g/mol. The summed E-state index contributed by atoms with van der Waals surface area (Å²) in [7, 11) is 0. The van der Waals surface area contributed by atoms with Gasteiger partial charge in [0.2, 0.25) is 11.9 Å². The summed E-state index contributed by atoms with van der Waals surface area (Å²) in [6.45, 7) is 7.61. The second-order valence-electron chi connectivity index (χ2n) is 6.43. The number of nitrogens with two attached hydrogens (primary N) is 1. The molecule has 1 aromatic heterocycles. The van der Waals surface area contributed by atoms with Crippen molar-refractivity contribution in [2.45, 2.75) is 33.2 Å². The van der Waals surface area contributed by atoms with Crippen LogP contribution in [0.5, 0.6) is 5.75 Å². The summed E-state index contributed by atoms with van der Waals surface area (Å²) >= 11 is 0. The molecular formula is C19H26N5O3+. The Balaban J connectivity index is 1.89. The highest BCUT2D eigenvalue weighted by Crippen LogP contribution is 2.45. The van der Waals surface area contributed by atoms with Crippen molar-refractivity contribution in [1.29, 1.82) is 0 Å². The normalized spacial score (nSPS) is 15.5. The number of rotatable bonds is 8. The first-order valence-electron chi connectivity index (χ1n) is 9.18. The molecular weight excluding hydrogens is 346 g/mol. The number of ether oxygens (including phenoxy) is 2. The minimum Gasteiger partial charge on any atom is -0.493 e. The van der Waals surface area contributed by atoms with E-state index in [1.54, 1.807) is 0 Å². The van der Waals surface area contributed by atoms with Crippen LogP contribution in [0.2, 0.25) is 0 Å². The number of aromatic nitrogens is 1. The van der Waals surface area contributed by atoms with Crippen molar-refractivity contribution >= 4 is 28.3 Å². The minimum absolute atomic E-state index is 0.00322. The first-order valence-corrected chi connectivity index (χ1v) is 9.18. The molecule has 8 heteroatoms. The molecule has 1 unspecified atom stereocenters. The average Bonchev–Trinajstić information content (AvgIpc) is 2.97. The zero-order valence-electron chi connectivity index (χ0n) is 16.0. The van der Waals surface area contributed by atoms with Crippen molar-refractivity contribution < 1.29 is 19.0 Å². The molecule has 3 rings (SSSR count). The zero-order chi connectivity index (χ0) is 19.4. The first kappa shape index (κ1) is 19.0. The van der Waals surface area contributed by atoms with E-state index in [1.807, 2.05) is 29.8 Å². The lowest BCUT2D eigenvalue weighted by molar-refractivity contribution is -0.652. The average molecular weight is 372 g/mol. The number of hydrogen-bond donors (Lipinski definition) is 2. The van der Waals surface area contributed by atoms with Crippen molar-refractivity contribution in [3.05, 3.63) is 23.8 Å². The summed E-state index contributed by atoms with van der Waals surface area (Å²) in [6, 6.07) is 5.76. The van der Waals surface area contributed by atoms with E-state index >= 15 is 0 Å². The predicted octanol–water partition coefficient (Wildman–Crippen LogP) is 2.89. The van der Waals surface area contributed by atoms with Crippen molar-refractivity contribution in [3.63, 3.8) is 0 Å². The third-order valence-corrected chi connectivity index (χ3v) is 4.49. The van der Waals surface area contributed by atoms with Crippen LogP contribution in [0.25, 0.3) is 10.9 Å². The highest BCUT2D eigenvalue weighted by atomic mass is 16.5. The van der Waals surface area contributed by atoms with Crippen LogP contribution in [0.3, 0.4) is 0 Å².